The zero-order valence-electron chi connectivity index (χ0n) is 19.1. The molecule has 1 aromatic heterocycles. The van der Waals surface area contributed by atoms with E-state index in [4.69, 9.17) is 5.73 Å². The topological polar surface area (TPSA) is 82.8 Å². The minimum Gasteiger partial charge on any atom is -0.351 e. The molecule has 1 unspecified atom stereocenters. The van der Waals surface area contributed by atoms with Crippen LogP contribution in [0.5, 0.6) is 0 Å². The van der Waals surface area contributed by atoms with Crippen LogP contribution >= 0.6 is 0 Å². The van der Waals surface area contributed by atoms with E-state index in [9.17, 15) is 9.59 Å². The molecule has 3 amide bonds. The van der Waals surface area contributed by atoms with Crippen molar-refractivity contribution in [2.75, 3.05) is 33.2 Å². The van der Waals surface area contributed by atoms with Crippen LogP contribution in [-0.4, -0.2) is 64.8 Å². The van der Waals surface area contributed by atoms with E-state index in [0.29, 0.717) is 19.0 Å². The highest BCUT2D eigenvalue weighted by Crippen LogP contribution is 2.38. The van der Waals surface area contributed by atoms with E-state index in [2.05, 4.69) is 47.3 Å². The van der Waals surface area contributed by atoms with Crippen molar-refractivity contribution in [1.29, 1.82) is 0 Å². The lowest BCUT2D eigenvalue weighted by atomic mass is 9.92. The summed E-state index contributed by atoms with van der Waals surface area (Å²) < 4.78 is 0. The Bertz CT molecular complexity index is 1070. The second-order valence-corrected chi connectivity index (χ2v) is 9.41. The summed E-state index contributed by atoms with van der Waals surface area (Å²) in [6.07, 6.45) is 8.56. The van der Waals surface area contributed by atoms with Crippen molar-refractivity contribution in [3.8, 4) is 0 Å². The molecule has 3 aliphatic heterocycles. The number of carbonyl (C=O) groups is 2. The van der Waals surface area contributed by atoms with Crippen LogP contribution in [0.2, 0.25) is 0 Å². The molecule has 1 aromatic carbocycles. The first-order chi connectivity index (χ1) is 16.0. The van der Waals surface area contributed by atoms with Gasteiger partial charge in [0.05, 0.1) is 12.6 Å². The molecule has 1 saturated heterocycles. The Labute approximate surface area is 194 Å². The lowest BCUT2D eigenvalue weighted by molar-refractivity contribution is -0.136. The molecule has 7 heteroatoms. The number of likely N-dealkylation sites (tertiary alicyclic amines) is 1. The fraction of sp³-hybridized carbons (Fsp3) is 0.423. The molecule has 0 saturated carbocycles. The standard InChI is InChI=1S/C26H31N5O2/c1-29-12-7-21(8-13-29)25(32)30-14-9-19(10-15-30)18-2-4-20(5-3-18)24-23-6-11-28-16-22(23)17-31(24)26(27)33/h2-6,9,11,16,21,24H,7-8,10,12-15,17H2,1H3,(H2,27,33). The molecule has 4 heterocycles. The number of pyridine rings is 1. The van der Waals surface area contributed by atoms with E-state index in [0.717, 1.165) is 55.6 Å². The van der Waals surface area contributed by atoms with Gasteiger partial charge in [-0.3, -0.25) is 9.78 Å². The number of primary amides is 1. The van der Waals surface area contributed by atoms with Crippen LogP contribution in [0, 0.1) is 5.92 Å². The molecule has 5 rings (SSSR count). The van der Waals surface area contributed by atoms with Gasteiger partial charge in [-0.25, -0.2) is 4.79 Å². The Morgan fingerprint density at radius 3 is 2.48 bits per heavy atom. The van der Waals surface area contributed by atoms with Gasteiger partial charge in [0.25, 0.3) is 0 Å². The molecule has 7 nitrogen and oxygen atoms in total. The van der Waals surface area contributed by atoms with Gasteiger partial charge in [-0.05, 0) is 73.3 Å². The summed E-state index contributed by atoms with van der Waals surface area (Å²) >= 11 is 0. The fourth-order valence-corrected chi connectivity index (χ4v) is 5.37. The third-order valence-electron chi connectivity index (χ3n) is 7.36. The van der Waals surface area contributed by atoms with E-state index >= 15 is 0 Å². The summed E-state index contributed by atoms with van der Waals surface area (Å²) in [6.45, 7) is 3.95. The predicted molar refractivity (Wildman–Crippen MR) is 127 cm³/mol. The van der Waals surface area contributed by atoms with E-state index in [1.807, 2.05) is 17.2 Å². The Morgan fingerprint density at radius 1 is 1.06 bits per heavy atom. The van der Waals surface area contributed by atoms with Gasteiger partial charge in [0, 0.05) is 31.4 Å². The average Bonchev–Trinajstić information content (AvgIpc) is 3.24. The molecule has 1 atom stereocenters. The lowest BCUT2D eigenvalue weighted by Crippen LogP contribution is -2.43. The van der Waals surface area contributed by atoms with E-state index < -0.39 is 6.03 Å². The third-order valence-corrected chi connectivity index (χ3v) is 7.36. The van der Waals surface area contributed by atoms with Crippen molar-refractivity contribution in [3.05, 3.63) is 71.1 Å². The summed E-state index contributed by atoms with van der Waals surface area (Å²) in [5.74, 6) is 0.489. The third kappa shape index (κ3) is 4.25. The highest BCUT2D eigenvalue weighted by Gasteiger charge is 2.34. The van der Waals surface area contributed by atoms with E-state index in [1.54, 1.807) is 11.1 Å². The number of piperidine rings is 1. The van der Waals surface area contributed by atoms with E-state index in [1.165, 1.54) is 11.1 Å². The number of nitrogens with zero attached hydrogens (tertiary/aromatic N) is 4. The van der Waals surface area contributed by atoms with Crippen molar-refractivity contribution in [2.45, 2.75) is 31.8 Å². The summed E-state index contributed by atoms with van der Waals surface area (Å²) in [5.41, 5.74) is 11.3. The minimum absolute atomic E-state index is 0.174. The van der Waals surface area contributed by atoms with Crippen LogP contribution in [0.1, 0.15) is 47.6 Å². The average molecular weight is 446 g/mol. The summed E-state index contributed by atoms with van der Waals surface area (Å²) in [5, 5.41) is 0. The quantitative estimate of drug-likeness (QED) is 0.787. The van der Waals surface area contributed by atoms with Crippen molar-refractivity contribution in [1.82, 2.24) is 19.7 Å². The van der Waals surface area contributed by atoms with Crippen LogP contribution in [0.15, 0.2) is 48.8 Å². The first kappa shape index (κ1) is 21.6. The van der Waals surface area contributed by atoms with Gasteiger partial charge < -0.3 is 20.4 Å². The maximum absolute atomic E-state index is 12.9. The summed E-state index contributed by atoms with van der Waals surface area (Å²) in [6, 6.07) is 9.77. The van der Waals surface area contributed by atoms with Crippen molar-refractivity contribution in [2.24, 2.45) is 11.7 Å². The molecule has 172 valence electrons. The van der Waals surface area contributed by atoms with Gasteiger partial charge in [-0.15, -0.1) is 0 Å². The second kappa shape index (κ2) is 8.98. The van der Waals surface area contributed by atoms with Gasteiger partial charge in [0.15, 0.2) is 0 Å². The lowest BCUT2D eigenvalue weighted by Gasteiger charge is -2.34. The zero-order chi connectivity index (χ0) is 22.9. The number of carbonyl (C=O) groups excluding carboxylic acids is 2. The predicted octanol–water partition coefficient (Wildman–Crippen LogP) is 3.02. The van der Waals surface area contributed by atoms with Crippen molar-refractivity contribution >= 4 is 17.5 Å². The maximum atomic E-state index is 12.9. The maximum Gasteiger partial charge on any atom is 0.315 e. The Balaban J connectivity index is 1.28. The normalized spacial score (nSPS) is 21.6. The van der Waals surface area contributed by atoms with Gasteiger partial charge in [0.1, 0.15) is 0 Å². The molecule has 2 N–H and O–H groups in total. The summed E-state index contributed by atoms with van der Waals surface area (Å²) in [4.78, 5) is 35.2. The fourth-order valence-electron chi connectivity index (χ4n) is 5.37. The molecule has 33 heavy (non-hydrogen) atoms. The highest BCUT2D eigenvalue weighted by molar-refractivity contribution is 5.80. The summed E-state index contributed by atoms with van der Waals surface area (Å²) in [7, 11) is 2.12. The van der Waals surface area contributed by atoms with Gasteiger partial charge in [-0.2, -0.15) is 0 Å². The number of amides is 3. The largest absolute Gasteiger partial charge is 0.351 e. The van der Waals surface area contributed by atoms with Crippen LogP contribution in [0.3, 0.4) is 0 Å². The molecule has 3 aliphatic rings. The first-order valence-electron chi connectivity index (χ1n) is 11.8. The molecule has 0 radical (unpaired) electrons. The van der Waals surface area contributed by atoms with Gasteiger partial charge >= 0.3 is 6.03 Å². The van der Waals surface area contributed by atoms with Crippen LogP contribution in [0.4, 0.5) is 4.79 Å². The number of rotatable bonds is 3. The van der Waals surface area contributed by atoms with Crippen molar-refractivity contribution in [3.63, 3.8) is 0 Å². The molecular formula is C26H31N5O2. The number of fused-ring (bicyclic) bond motifs is 1. The van der Waals surface area contributed by atoms with Gasteiger partial charge in [-0.1, -0.05) is 30.3 Å². The number of benzene rings is 1. The number of aromatic nitrogens is 1. The first-order valence-corrected chi connectivity index (χ1v) is 11.8. The van der Waals surface area contributed by atoms with Crippen LogP contribution in [-0.2, 0) is 11.3 Å². The highest BCUT2D eigenvalue weighted by atomic mass is 16.2. The van der Waals surface area contributed by atoms with Gasteiger partial charge in [0.2, 0.25) is 5.91 Å². The smallest absolute Gasteiger partial charge is 0.315 e. The number of hydrogen-bond donors (Lipinski definition) is 1. The van der Waals surface area contributed by atoms with E-state index in [-0.39, 0.29) is 12.0 Å². The molecule has 1 fully saturated rings. The number of urea groups is 1. The molecule has 0 aliphatic carbocycles. The number of hydrogen-bond acceptors (Lipinski definition) is 4. The van der Waals surface area contributed by atoms with Crippen LogP contribution in [0.25, 0.3) is 5.57 Å². The molecule has 2 aromatic rings. The van der Waals surface area contributed by atoms with Crippen LogP contribution < -0.4 is 5.73 Å². The monoisotopic (exact) mass is 445 g/mol. The Morgan fingerprint density at radius 2 is 1.82 bits per heavy atom. The Kier molecular flexibility index (Phi) is 5.89. The second-order valence-electron chi connectivity index (χ2n) is 9.41. The molecule has 0 bridgehead atoms. The minimum atomic E-state index is -0.426. The molecule has 0 spiro atoms. The SMILES string of the molecule is CN1CCC(C(=O)N2CC=C(c3ccc(C4c5ccncc5CN4C(N)=O)cc3)CC2)CC1. The molecular weight excluding hydrogens is 414 g/mol. The number of nitrogens with two attached hydrogens (primary N) is 1. The Hall–Kier alpha value is -3.19. The van der Waals surface area contributed by atoms with Crippen molar-refractivity contribution < 1.29 is 9.59 Å². The zero-order valence-corrected chi connectivity index (χ0v) is 19.1.